The van der Waals surface area contributed by atoms with E-state index in [0.29, 0.717) is 26.4 Å². The van der Waals surface area contributed by atoms with E-state index in [-0.39, 0.29) is 11.1 Å². The van der Waals surface area contributed by atoms with Crippen LogP contribution in [0, 0.1) is 11.5 Å². The molecule has 0 saturated heterocycles. The van der Waals surface area contributed by atoms with Gasteiger partial charge in [-0.2, -0.15) is 0 Å². The van der Waals surface area contributed by atoms with Crippen molar-refractivity contribution in [2.75, 3.05) is 26.4 Å². The lowest BCUT2D eigenvalue weighted by Crippen LogP contribution is -2.35. The molecule has 0 aliphatic rings. The lowest BCUT2D eigenvalue weighted by molar-refractivity contribution is -0.00447. The van der Waals surface area contributed by atoms with Crippen molar-refractivity contribution >= 4 is 8.07 Å². The largest absolute Gasteiger partial charge is 0.376 e. The number of nitrogens with zero attached hydrogens (tertiary/aromatic N) is 3. The normalized spacial score (nSPS) is 13.0. The molecule has 0 amide bonds. The molecule has 5 nitrogen and oxygen atoms in total. The Bertz CT molecular complexity index is 415. The van der Waals surface area contributed by atoms with Gasteiger partial charge in [0.15, 0.2) is 0 Å². The summed E-state index contributed by atoms with van der Waals surface area (Å²) < 4.78 is 11.2. The molecule has 0 spiro atoms. The van der Waals surface area contributed by atoms with E-state index in [0.717, 1.165) is 12.8 Å². The molecule has 0 unspecified atom stereocenters. The maximum absolute atomic E-state index is 8.41. The van der Waals surface area contributed by atoms with Gasteiger partial charge in [0.1, 0.15) is 14.7 Å². The van der Waals surface area contributed by atoms with Gasteiger partial charge in [0.2, 0.25) is 0 Å². The third-order valence-corrected chi connectivity index (χ3v) is 8.51. The molecule has 0 N–H and O–H groups in total. The molecule has 1 atom stereocenters. The van der Waals surface area contributed by atoms with E-state index in [9.17, 15) is 0 Å². The molecular formula is C16H31N3O2Si. The first-order chi connectivity index (χ1) is 10.2. The van der Waals surface area contributed by atoms with Crippen molar-refractivity contribution in [2.24, 2.45) is 5.11 Å². The summed E-state index contributed by atoms with van der Waals surface area (Å²) in [4.78, 5) is 2.77. The van der Waals surface area contributed by atoms with Gasteiger partial charge in [-0.1, -0.05) is 58.2 Å². The fraction of sp³-hybridized carbons (Fsp3) is 0.875. The molecule has 0 bridgehead atoms. The molecule has 0 fully saturated rings. The summed E-state index contributed by atoms with van der Waals surface area (Å²) in [5.41, 5.74) is 11.8. The highest BCUT2D eigenvalue weighted by molar-refractivity contribution is 6.87. The molecule has 0 heterocycles. The SMILES string of the molecule is CCCCO[C@H](CN=[N+]=[N-])COCC#C[Si](C)(C)C(C)(C)C. The van der Waals surface area contributed by atoms with Gasteiger partial charge < -0.3 is 9.47 Å². The molecule has 6 heteroatoms. The van der Waals surface area contributed by atoms with Crippen LogP contribution in [0.15, 0.2) is 5.11 Å². The third kappa shape index (κ3) is 9.11. The average molecular weight is 326 g/mol. The molecule has 0 aromatic rings. The van der Waals surface area contributed by atoms with Crippen LogP contribution in [0.1, 0.15) is 40.5 Å². The second-order valence-electron chi connectivity index (χ2n) is 6.95. The van der Waals surface area contributed by atoms with Crippen molar-refractivity contribution in [2.45, 2.75) is 64.8 Å². The van der Waals surface area contributed by atoms with E-state index in [1.54, 1.807) is 0 Å². The van der Waals surface area contributed by atoms with E-state index >= 15 is 0 Å². The summed E-state index contributed by atoms with van der Waals surface area (Å²) in [6.07, 6.45) is 1.89. The average Bonchev–Trinajstić information content (AvgIpc) is 2.42. The maximum Gasteiger partial charge on any atom is 0.137 e. The van der Waals surface area contributed by atoms with Gasteiger partial charge in [-0.25, -0.2) is 0 Å². The highest BCUT2D eigenvalue weighted by Crippen LogP contribution is 2.34. The minimum absolute atomic E-state index is 0.183. The first-order valence-electron chi connectivity index (χ1n) is 7.95. The Kier molecular flexibility index (Phi) is 10.2. The van der Waals surface area contributed by atoms with Crippen molar-refractivity contribution in [3.05, 3.63) is 10.4 Å². The molecular weight excluding hydrogens is 294 g/mol. The molecule has 0 aliphatic carbocycles. The van der Waals surface area contributed by atoms with Crippen LogP contribution in [-0.4, -0.2) is 40.5 Å². The highest BCUT2D eigenvalue weighted by Gasteiger charge is 2.33. The van der Waals surface area contributed by atoms with Gasteiger partial charge >= 0.3 is 0 Å². The quantitative estimate of drug-likeness (QED) is 0.156. The van der Waals surface area contributed by atoms with E-state index in [1.807, 2.05) is 0 Å². The number of hydrogen-bond donors (Lipinski definition) is 0. The molecule has 0 aromatic heterocycles. The third-order valence-electron chi connectivity index (χ3n) is 3.95. The summed E-state index contributed by atoms with van der Waals surface area (Å²) in [5.74, 6) is 3.14. The zero-order chi connectivity index (χ0) is 17.1. The monoisotopic (exact) mass is 325 g/mol. The van der Waals surface area contributed by atoms with Crippen molar-refractivity contribution < 1.29 is 9.47 Å². The first kappa shape index (κ1) is 21.0. The Morgan fingerprint density at radius 2 is 2.00 bits per heavy atom. The molecule has 0 aromatic carbocycles. The first-order valence-corrected chi connectivity index (χ1v) is 10.9. The molecule has 0 rings (SSSR count). The summed E-state index contributed by atoms with van der Waals surface area (Å²) in [6.45, 7) is 15.2. The van der Waals surface area contributed by atoms with Crippen molar-refractivity contribution in [1.82, 2.24) is 0 Å². The Morgan fingerprint density at radius 3 is 2.55 bits per heavy atom. The van der Waals surface area contributed by atoms with Crippen LogP contribution in [0.4, 0.5) is 0 Å². The Morgan fingerprint density at radius 1 is 1.32 bits per heavy atom. The van der Waals surface area contributed by atoms with Crippen LogP contribution in [0.5, 0.6) is 0 Å². The van der Waals surface area contributed by atoms with Gasteiger partial charge in [0.25, 0.3) is 0 Å². The van der Waals surface area contributed by atoms with Crippen molar-refractivity contribution in [3.8, 4) is 11.5 Å². The van der Waals surface area contributed by atoms with E-state index in [1.165, 1.54) is 0 Å². The molecule has 126 valence electrons. The summed E-state index contributed by atoms with van der Waals surface area (Å²) in [6, 6.07) is 0. The number of ether oxygens (including phenoxy) is 2. The topological polar surface area (TPSA) is 67.2 Å². The minimum Gasteiger partial charge on any atom is -0.376 e. The Hall–Kier alpha value is -0.993. The second-order valence-corrected chi connectivity index (χ2v) is 12.0. The highest BCUT2D eigenvalue weighted by atomic mass is 28.3. The van der Waals surface area contributed by atoms with Crippen molar-refractivity contribution in [1.29, 1.82) is 0 Å². The minimum atomic E-state index is -1.57. The van der Waals surface area contributed by atoms with Gasteiger partial charge in [0.05, 0.1) is 19.3 Å². The standard InChI is InChI=1S/C16H31N3O2Si/c1-7-8-11-21-15(13-18-19-17)14-20-10-9-12-22(5,6)16(2,3)4/h15H,7-8,10-11,13-14H2,1-6H3/t15-/m1/s1. The van der Waals surface area contributed by atoms with E-state index < -0.39 is 8.07 Å². The lowest BCUT2D eigenvalue weighted by Gasteiger charge is -2.31. The van der Waals surface area contributed by atoms with E-state index in [4.69, 9.17) is 15.0 Å². The Labute approximate surface area is 136 Å². The number of rotatable bonds is 9. The molecule has 0 aliphatic heterocycles. The fourth-order valence-corrected chi connectivity index (χ4v) is 2.25. The number of azide groups is 1. The van der Waals surface area contributed by atoms with Crippen LogP contribution in [0.3, 0.4) is 0 Å². The van der Waals surface area contributed by atoms with Crippen LogP contribution in [0.2, 0.25) is 18.1 Å². The lowest BCUT2D eigenvalue weighted by atomic mass is 10.2. The molecule has 0 radical (unpaired) electrons. The van der Waals surface area contributed by atoms with E-state index in [2.05, 4.69) is 62.3 Å². The van der Waals surface area contributed by atoms with Crippen molar-refractivity contribution in [3.63, 3.8) is 0 Å². The van der Waals surface area contributed by atoms with Crippen LogP contribution in [-0.2, 0) is 9.47 Å². The fourth-order valence-electron chi connectivity index (χ4n) is 1.36. The second kappa shape index (κ2) is 10.7. The molecule has 22 heavy (non-hydrogen) atoms. The van der Waals surface area contributed by atoms with Gasteiger partial charge in [-0.3, -0.25) is 0 Å². The predicted octanol–water partition coefficient (Wildman–Crippen LogP) is 4.55. The maximum atomic E-state index is 8.41. The van der Waals surface area contributed by atoms with Crippen LogP contribution in [0.25, 0.3) is 10.4 Å². The summed E-state index contributed by atoms with van der Waals surface area (Å²) >= 11 is 0. The summed E-state index contributed by atoms with van der Waals surface area (Å²) in [5, 5.41) is 3.82. The van der Waals surface area contributed by atoms with Crippen LogP contribution < -0.4 is 0 Å². The zero-order valence-corrected chi connectivity index (χ0v) is 16.0. The van der Waals surface area contributed by atoms with Gasteiger partial charge in [-0.15, -0.1) is 5.54 Å². The smallest absolute Gasteiger partial charge is 0.137 e. The molecule has 0 saturated carbocycles. The number of hydrogen-bond acceptors (Lipinski definition) is 3. The van der Waals surface area contributed by atoms with Gasteiger partial charge in [0, 0.05) is 11.5 Å². The Balaban J connectivity index is 4.25. The number of unbranched alkanes of at least 4 members (excludes halogenated alkanes) is 1. The summed E-state index contributed by atoms with van der Waals surface area (Å²) in [7, 11) is -1.57. The predicted molar refractivity (Wildman–Crippen MR) is 94.5 cm³/mol. The van der Waals surface area contributed by atoms with Gasteiger partial charge in [-0.05, 0) is 17.0 Å². The van der Waals surface area contributed by atoms with Crippen LogP contribution >= 0.6 is 0 Å². The zero-order valence-electron chi connectivity index (χ0n) is 15.0.